The molecular formula is C15H19N3. The molecule has 0 amide bonds. The number of rotatable bonds is 3. The number of benzene rings is 1. The van der Waals surface area contributed by atoms with Crippen molar-refractivity contribution < 1.29 is 0 Å². The molecule has 0 radical (unpaired) electrons. The van der Waals surface area contributed by atoms with Crippen molar-refractivity contribution in [2.45, 2.75) is 38.3 Å². The van der Waals surface area contributed by atoms with Crippen LogP contribution in [-0.2, 0) is 0 Å². The van der Waals surface area contributed by atoms with E-state index in [1.807, 2.05) is 18.2 Å². The van der Waals surface area contributed by atoms with Crippen molar-refractivity contribution in [2.24, 2.45) is 0 Å². The van der Waals surface area contributed by atoms with Gasteiger partial charge in [-0.05, 0) is 49.9 Å². The van der Waals surface area contributed by atoms with Crippen LogP contribution in [0.5, 0.6) is 0 Å². The average molecular weight is 241 g/mol. The second-order valence-electron chi connectivity index (χ2n) is 5.50. The van der Waals surface area contributed by atoms with Crippen molar-refractivity contribution in [3.8, 4) is 6.07 Å². The van der Waals surface area contributed by atoms with E-state index in [-0.39, 0.29) is 0 Å². The van der Waals surface area contributed by atoms with E-state index in [4.69, 9.17) is 5.26 Å². The molecule has 1 heterocycles. The van der Waals surface area contributed by atoms with Crippen molar-refractivity contribution in [1.82, 2.24) is 4.90 Å². The number of nitrogens with zero attached hydrogens (tertiary/aromatic N) is 2. The molecule has 0 aromatic heterocycles. The van der Waals surface area contributed by atoms with Gasteiger partial charge in [0.25, 0.3) is 0 Å². The van der Waals surface area contributed by atoms with E-state index >= 15 is 0 Å². The van der Waals surface area contributed by atoms with Crippen molar-refractivity contribution in [1.29, 1.82) is 5.26 Å². The van der Waals surface area contributed by atoms with Crippen LogP contribution in [-0.4, -0.2) is 30.1 Å². The molecule has 18 heavy (non-hydrogen) atoms. The molecule has 0 bridgehead atoms. The number of nitrogens with one attached hydrogen (secondary N) is 1. The van der Waals surface area contributed by atoms with Gasteiger partial charge in [-0.25, -0.2) is 0 Å². The van der Waals surface area contributed by atoms with Crippen LogP contribution < -0.4 is 5.32 Å². The molecule has 1 aromatic rings. The van der Waals surface area contributed by atoms with Crippen molar-refractivity contribution >= 4 is 5.69 Å². The van der Waals surface area contributed by atoms with Gasteiger partial charge < -0.3 is 5.32 Å². The lowest BCUT2D eigenvalue weighted by molar-refractivity contribution is 0.326. The highest BCUT2D eigenvalue weighted by Gasteiger charge is 2.34. The third kappa shape index (κ3) is 2.34. The van der Waals surface area contributed by atoms with Crippen LogP contribution in [0.3, 0.4) is 0 Å². The largest absolute Gasteiger partial charge is 0.381 e. The Morgan fingerprint density at radius 2 is 2.17 bits per heavy atom. The molecule has 3 nitrogen and oxygen atoms in total. The highest BCUT2D eigenvalue weighted by atomic mass is 15.2. The van der Waals surface area contributed by atoms with E-state index < -0.39 is 0 Å². The monoisotopic (exact) mass is 241 g/mol. The van der Waals surface area contributed by atoms with Gasteiger partial charge in [0, 0.05) is 30.9 Å². The average Bonchev–Trinajstić information content (AvgIpc) is 3.13. The first-order valence-electron chi connectivity index (χ1n) is 6.77. The Morgan fingerprint density at radius 1 is 1.33 bits per heavy atom. The van der Waals surface area contributed by atoms with Crippen LogP contribution in [0.1, 0.15) is 30.4 Å². The maximum absolute atomic E-state index is 8.86. The summed E-state index contributed by atoms with van der Waals surface area (Å²) in [7, 11) is 0. The van der Waals surface area contributed by atoms with E-state index in [1.54, 1.807) is 0 Å². The molecule has 94 valence electrons. The molecule has 3 rings (SSSR count). The molecule has 1 saturated heterocycles. The second-order valence-corrected chi connectivity index (χ2v) is 5.50. The van der Waals surface area contributed by atoms with Crippen LogP contribution in [0.4, 0.5) is 5.69 Å². The number of anilines is 1. The minimum absolute atomic E-state index is 0.567. The highest BCUT2D eigenvalue weighted by Crippen LogP contribution is 2.31. The zero-order valence-electron chi connectivity index (χ0n) is 10.8. The first kappa shape index (κ1) is 11.6. The molecule has 2 fully saturated rings. The summed E-state index contributed by atoms with van der Waals surface area (Å²) in [5.74, 6) is 0. The molecule has 1 unspecified atom stereocenters. The van der Waals surface area contributed by atoms with E-state index in [2.05, 4.69) is 23.2 Å². The molecule has 1 aromatic carbocycles. The van der Waals surface area contributed by atoms with Crippen molar-refractivity contribution in [3.05, 3.63) is 29.3 Å². The topological polar surface area (TPSA) is 39.1 Å². The predicted molar refractivity (Wildman–Crippen MR) is 72.5 cm³/mol. The minimum Gasteiger partial charge on any atom is -0.381 e. The molecule has 0 spiro atoms. The Bertz CT molecular complexity index is 485. The third-order valence-corrected chi connectivity index (χ3v) is 4.00. The van der Waals surface area contributed by atoms with Gasteiger partial charge in [-0.3, -0.25) is 4.90 Å². The first-order valence-corrected chi connectivity index (χ1v) is 6.77. The third-order valence-electron chi connectivity index (χ3n) is 4.00. The summed E-state index contributed by atoms with van der Waals surface area (Å²) in [6.45, 7) is 4.47. The summed E-state index contributed by atoms with van der Waals surface area (Å²) in [4.78, 5) is 2.61. The van der Waals surface area contributed by atoms with Crippen molar-refractivity contribution in [2.75, 3.05) is 18.4 Å². The normalized spacial score (nSPS) is 23.9. The minimum atomic E-state index is 0.567. The molecule has 1 aliphatic carbocycles. The zero-order valence-corrected chi connectivity index (χ0v) is 10.8. The van der Waals surface area contributed by atoms with Crippen molar-refractivity contribution in [3.63, 3.8) is 0 Å². The summed E-state index contributed by atoms with van der Waals surface area (Å²) >= 11 is 0. The SMILES string of the molecule is Cc1cc(C#N)ccc1NC1CCN(C2CC2)C1. The Morgan fingerprint density at radius 3 is 2.83 bits per heavy atom. The van der Waals surface area contributed by atoms with Crippen LogP contribution in [0, 0.1) is 18.3 Å². The maximum Gasteiger partial charge on any atom is 0.0991 e. The van der Waals surface area contributed by atoms with Gasteiger partial charge in [0.2, 0.25) is 0 Å². The molecule has 1 aliphatic heterocycles. The predicted octanol–water partition coefficient (Wildman–Crippen LogP) is 2.52. The van der Waals surface area contributed by atoms with Crippen LogP contribution in [0.25, 0.3) is 0 Å². The van der Waals surface area contributed by atoms with E-state index in [0.717, 1.165) is 11.6 Å². The number of hydrogen-bond donors (Lipinski definition) is 1. The summed E-state index contributed by atoms with van der Waals surface area (Å²) < 4.78 is 0. The molecule has 1 N–H and O–H groups in total. The molecule has 3 heteroatoms. The first-order chi connectivity index (χ1) is 8.76. The lowest BCUT2D eigenvalue weighted by Crippen LogP contribution is -2.27. The summed E-state index contributed by atoms with van der Waals surface area (Å²) in [6.07, 6.45) is 4.02. The van der Waals surface area contributed by atoms with Gasteiger partial charge >= 0.3 is 0 Å². The number of aryl methyl sites for hydroxylation is 1. The zero-order chi connectivity index (χ0) is 12.5. The lowest BCUT2D eigenvalue weighted by atomic mass is 10.1. The van der Waals surface area contributed by atoms with Gasteiger partial charge in [-0.15, -0.1) is 0 Å². The maximum atomic E-state index is 8.86. The molecular weight excluding hydrogens is 222 g/mol. The second kappa shape index (κ2) is 4.62. The Hall–Kier alpha value is -1.53. The molecule has 2 aliphatic rings. The molecule has 1 saturated carbocycles. The van der Waals surface area contributed by atoms with Gasteiger partial charge in [-0.2, -0.15) is 5.26 Å². The Balaban J connectivity index is 1.64. The fourth-order valence-electron chi connectivity index (χ4n) is 2.79. The Labute approximate surface area is 108 Å². The smallest absolute Gasteiger partial charge is 0.0991 e. The van der Waals surface area contributed by atoms with E-state index in [0.29, 0.717) is 6.04 Å². The van der Waals surface area contributed by atoms with Gasteiger partial charge in [-0.1, -0.05) is 0 Å². The number of nitriles is 1. The van der Waals surface area contributed by atoms with Gasteiger partial charge in [0.1, 0.15) is 0 Å². The summed E-state index contributed by atoms with van der Waals surface area (Å²) in [6, 6.07) is 9.51. The molecule has 1 atom stereocenters. The summed E-state index contributed by atoms with van der Waals surface area (Å²) in [5.41, 5.74) is 3.08. The fourth-order valence-corrected chi connectivity index (χ4v) is 2.79. The highest BCUT2D eigenvalue weighted by molar-refractivity contribution is 5.54. The quantitative estimate of drug-likeness (QED) is 0.883. The number of likely N-dealkylation sites (tertiary alicyclic amines) is 1. The fraction of sp³-hybridized carbons (Fsp3) is 0.533. The van der Waals surface area contributed by atoms with E-state index in [9.17, 15) is 0 Å². The van der Waals surface area contributed by atoms with Gasteiger partial charge in [0.05, 0.1) is 11.6 Å². The van der Waals surface area contributed by atoms with Crippen LogP contribution in [0.15, 0.2) is 18.2 Å². The standard InChI is InChI=1S/C15H19N3/c1-11-8-12(9-16)2-5-15(11)17-13-6-7-18(10-13)14-3-4-14/h2,5,8,13-14,17H,3-4,6-7,10H2,1H3. The number of hydrogen-bond acceptors (Lipinski definition) is 3. The van der Waals surface area contributed by atoms with Crippen LogP contribution in [0.2, 0.25) is 0 Å². The lowest BCUT2D eigenvalue weighted by Gasteiger charge is -2.18. The van der Waals surface area contributed by atoms with E-state index in [1.165, 1.54) is 43.6 Å². The summed E-state index contributed by atoms with van der Waals surface area (Å²) in [5, 5.41) is 12.5. The van der Waals surface area contributed by atoms with Gasteiger partial charge in [0.15, 0.2) is 0 Å². The Kier molecular flexibility index (Phi) is 2.97. The van der Waals surface area contributed by atoms with Crippen LogP contribution >= 0.6 is 0 Å².